The highest BCUT2D eigenvalue weighted by Gasteiger charge is 2.15. The molecule has 3 N–H and O–H groups in total. The van der Waals surface area contributed by atoms with E-state index in [-0.39, 0.29) is 0 Å². The lowest BCUT2D eigenvalue weighted by Gasteiger charge is -2.19. The molecule has 5 heteroatoms. The molecule has 0 aliphatic carbocycles. The summed E-state index contributed by atoms with van der Waals surface area (Å²) in [6, 6.07) is 5.51. The van der Waals surface area contributed by atoms with E-state index in [1.54, 1.807) is 6.07 Å². The molecular weight excluding hydrogens is 284 g/mol. The highest BCUT2D eigenvalue weighted by Crippen LogP contribution is 2.17. The molecule has 0 heterocycles. The van der Waals surface area contributed by atoms with Crippen molar-refractivity contribution in [3.63, 3.8) is 0 Å². The second kappa shape index (κ2) is 5.40. The number of nitrogens with one attached hydrogen (secondary N) is 1. The van der Waals surface area contributed by atoms with Gasteiger partial charge in [0.15, 0.2) is 0 Å². The molecule has 0 aliphatic heterocycles. The number of anilines is 1. The molecule has 1 aromatic rings. The van der Waals surface area contributed by atoms with Gasteiger partial charge in [-0.3, -0.25) is 0 Å². The fraction of sp³-hybridized carbons (Fsp3) is 0.417. The van der Waals surface area contributed by atoms with E-state index in [1.807, 2.05) is 32.9 Å². The number of benzene rings is 1. The molecule has 0 bridgehead atoms. The van der Waals surface area contributed by atoms with Gasteiger partial charge < -0.3 is 15.8 Å². The number of carbonyl (C=O) groups excluding carboxylic acids is 1. The quantitative estimate of drug-likeness (QED) is 0.825. The molecule has 0 unspecified atom stereocenters. The first-order valence-electron chi connectivity index (χ1n) is 5.28. The number of rotatable bonds is 2. The Morgan fingerprint density at radius 1 is 1.41 bits per heavy atom. The van der Waals surface area contributed by atoms with Crippen molar-refractivity contribution in [3.05, 3.63) is 28.2 Å². The molecule has 0 aromatic heterocycles. The van der Waals surface area contributed by atoms with Gasteiger partial charge in [0.05, 0.1) is 0 Å². The summed E-state index contributed by atoms with van der Waals surface area (Å²) in [4.78, 5) is 11.4. The van der Waals surface area contributed by atoms with Gasteiger partial charge in [-0.15, -0.1) is 0 Å². The molecule has 0 saturated heterocycles. The standard InChI is InChI=1S/C12H17BrN2O2/c1-12(2,3)17-11(16)15-7-8-4-9(13)6-10(14)5-8/h4-6H,7,14H2,1-3H3,(H,15,16). The molecule has 17 heavy (non-hydrogen) atoms. The number of ether oxygens (including phenoxy) is 1. The maximum absolute atomic E-state index is 11.4. The summed E-state index contributed by atoms with van der Waals surface area (Å²) in [6.07, 6.45) is -0.434. The topological polar surface area (TPSA) is 64.3 Å². The average molecular weight is 301 g/mol. The zero-order valence-electron chi connectivity index (χ0n) is 10.2. The van der Waals surface area contributed by atoms with E-state index in [1.165, 1.54) is 0 Å². The van der Waals surface area contributed by atoms with Crippen molar-refractivity contribution in [1.82, 2.24) is 5.32 Å². The summed E-state index contributed by atoms with van der Waals surface area (Å²) < 4.78 is 6.01. The maximum Gasteiger partial charge on any atom is 0.407 e. The second-order valence-corrected chi connectivity index (χ2v) is 5.66. The highest BCUT2D eigenvalue weighted by molar-refractivity contribution is 9.10. The van der Waals surface area contributed by atoms with Crippen LogP contribution in [0.5, 0.6) is 0 Å². The summed E-state index contributed by atoms with van der Waals surface area (Å²) >= 11 is 3.34. The molecule has 0 saturated carbocycles. The van der Waals surface area contributed by atoms with Crippen molar-refractivity contribution in [2.45, 2.75) is 32.9 Å². The number of alkyl carbamates (subject to hydrolysis) is 1. The van der Waals surface area contributed by atoms with Gasteiger partial charge in [-0.1, -0.05) is 15.9 Å². The van der Waals surface area contributed by atoms with E-state index in [9.17, 15) is 4.79 Å². The van der Waals surface area contributed by atoms with Crippen LogP contribution in [0.3, 0.4) is 0 Å². The Hall–Kier alpha value is -1.23. The van der Waals surface area contributed by atoms with Crippen molar-refractivity contribution < 1.29 is 9.53 Å². The van der Waals surface area contributed by atoms with Crippen LogP contribution in [0.1, 0.15) is 26.3 Å². The van der Waals surface area contributed by atoms with Crippen molar-refractivity contribution in [1.29, 1.82) is 0 Å². The van der Waals surface area contributed by atoms with Gasteiger partial charge in [0, 0.05) is 16.7 Å². The van der Waals surface area contributed by atoms with E-state index in [4.69, 9.17) is 10.5 Å². The van der Waals surface area contributed by atoms with Crippen molar-refractivity contribution in [3.8, 4) is 0 Å². The third kappa shape index (κ3) is 5.58. The first kappa shape index (κ1) is 13.8. The van der Waals surface area contributed by atoms with Gasteiger partial charge in [0.1, 0.15) is 5.60 Å². The largest absolute Gasteiger partial charge is 0.444 e. The predicted octanol–water partition coefficient (Wildman–Crippen LogP) is 3.06. The fourth-order valence-corrected chi connectivity index (χ4v) is 1.82. The van der Waals surface area contributed by atoms with Crippen molar-refractivity contribution >= 4 is 27.7 Å². The molecule has 4 nitrogen and oxygen atoms in total. The minimum Gasteiger partial charge on any atom is -0.444 e. The first-order chi connectivity index (χ1) is 7.76. The highest BCUT2D eigenvalue weighted by atomic mass is 79.9. The summed E-state index contributed by atoms with van der Waals surface area (Å²) in [5, 5.41) is 2.67. The SMILES string of the molecule is CC(C)(C)OC(=O)NCc1cc(N)cc(Br)c1. The normalized spacial score (nSPS) is 11.1. The minimum atomic E-state index is -0.486. The fourth-order valence-electron chi connectivity index (χ4n) is 1.27. The Morgan fingerprint density at radius 3 is 2.59 bits per heavy atom. The summed E-state index contributed by atoms with van der Waals surface area (Å²) in [5.41, 5.74) is 6.78. The molecule has 1 amide bonds. The number of nitrogen functional groups attached to an aromatic ring is 1. The summed E-state index contributed by atoms with van der Waals surface area (Å²) in [7, 11) is 0. The Balaban J connectivity index is 2.53. The molecule has 94 valence electrons. The van der Waals surface area contributed by atoms with Crippen LogP contribution in [0.4, 0.5) is 10.5 Å². The lowest BCUT2D eigenvalue weighted by atomic mass is 10.2. The monoisotopic (exact) mass is 300 g/mol. The van der Waals surface area contributed by atoms with E-state index >= 15 is 0 Å². The third-order valence-corrected chi connectivity index (χ3v) is 2.27. The predicted molar refractivity (Wildman–Crippen MR) is 71.6 cm³/mol. The Kier molecular flexibility index (Phi) is 4.40. The first-order valence-corrected chi connectivity index (χ1v) is 6.07. The van der Waals surface area contributed by atoms with Crippen LogP contribution in [0, 0.1) is 0 Å². The maximum atomic E-state index is 11.4. The van der Waals surface area contributed by atoms with Crippen LogP contribution in [-0.2, 0) is 11.3 Å². The van der Waals surface area contributed by atoms with E-state index in [0.29, 0.717) is 12.2 Å². The number of halogens is 1. The van der Waals surface area contributed by atoms with Crippen LogP contribution in [-0.4, -0.2) is 11.7 Å². The molecule has 0 aliphatic rings. The molecular formula is C12H17BrN2O2. The van der Waals surface area contributed by atoms with E-state index in [2.05, 4.69) is 21.2 Å². The van der Waals surface area contributed by atoms with Gasteiger partial charge >= 0.3 is 6.09 Å². The van der Waals surface area contributed by atoms with Crippen molar-refractivity contribution in [2.24, 2.45) is 0 Å². The average Bonchev–Trinajstić information content (AvgIpc) is 2.10. The Morgan fingerprint density at radius 2 is 2.06 bits per heavy atom. The van der Waals surface area contributed by atoms with Gasteiger partial charge in [-0.05, 0) is 44.5 Å². The molecule has 1 aromatic carbocycles. The van der Waals surface area contributed by atoms with Crippen LogP contribution >= 0.6 is 15.9 Å². The molecule has 0 radical (unpaired) electrons. The second-order valence-electron chi connectivity index (χ2n) is 4.75. The number of carbonyl (C=O) groups is 1. The zero-order valence-corrected chi connectivity index (χ0v) is 11.8. The number of hydrogen-bond donors (Lipinski definition) is 2. The molecule has 0 spiro atoms. The van der Waals surface area contributed by atoms with Gasteiger partial charge in [0.25, 0.3) is 0 Å². The number of nitrogens with two attached hydrogens (primary N) is 1. The minimum absolute atomic E-state index is 0.387. The third-order valence-electron chi connectivity index (χ3n) is 1.82. The van der Waals surface area contributed by atoms with Crippen LogP contribution in [0.25, 0.3) is 0 Å². The molecule has 0 fully saturated rings. The van der Waals surface area contributed by atoms with Gasteiger partial charge in [-0.2, -0.15) is 0 Å². The Labute approximate surface area is 110 Å². The number of amides is 1. The Bertz CT molecular complexity index is 393. The van der Waals surface area contributed by atoms with Crippen LogP contribution in [0.15, 0.2) is 22.7 Å². The van der Waals surface area contributed by atoms with Crippen LogP contribution < -0.4 is 11.1 Å². The zero-order chi connectivity index (χ0) is 13.1. The molecule has 0 atom stereocenters. The van der Waals surface area contributed by atoms with E-state index in [0.717, 1.165) is 10.0 Å². The lowest BCUT2D eigenvalue weighted by molar-refractivity contribution is 0.0523. The lowest BCUT2D eigenvalue weighted by Crippen LogP contribution is -2.32. The van der Waals surface area contributed by atoms with Crippen LogP contribution in [0.2, 0.25) is 0 Å². The smallest absolute Gasteiger partial charge is 0.407 e. The van der Waals surface area contributed by atoms with Gasteiger partial charge in [-0.25, -0.2) is 4.79 Å². The van der Waals surface area contributed by atoms with Gasteiger partial charge in [0.2, 0.25) is 0 Å². The molecule has 1 rings (SSSR count). The number of hydrogen-bond acceptors (Lipinski definition) is 3. The van der Waals surface area contributed by atoms with Crippen molar-refractivity contribution in [2.75, 3.05) is 5.73 Å². The summed E-state index contributed by atoms with van der Waals surface area (Å²) in [6.45, 7) is 5.86. The summed E-state index contributed by atoms with van der Waals surface area (Å²) in [5.74, 6) is 0. The van der Waals surface area contributed by atoms with E-state index < -0.39 is 11.7 Å².